The topological polar surface area (TPSA) is 43.1 Å². The van der Waals surface area contributed by atoms with Gasteiger partial charge < -0.3 is 4.42 Å². The summed E-state index contributed by atoms with van der Waals surface area (Å²) in [6.45, 7) is 2.21. The minimum absolute atomic E-state index is 0.149. The van der Waals surface area contributed by atoms with Gasteiger partial charge in [-0.15, -0.1) is 0 Å². The Kier molecular flexibility index (Phi) is 4.90. The number of oxazole rings is 1. The summed E-state index contributed by atoms with van der Waals surface area (Å²) in [4.78, 5) is 15.8. The van der Waals surface area contributed by atoms with Gasteiger partial charge in [0.05, 0.1) is 6.20 Å². The van der Waals surface area contributed by atoms with Crippen LogP contribution in [0.15, 0.2) is 41.1 Å². The normalized spacial score (nSPS) is 10.6. The molecule has 0 unspecified atom stereocenters. The van der Waals surface area contributed by atoms with Gasteiger partial charge in [0.15, 0.2) is 0 Å². The molecule has 0 saturated carbocycles. The Morgan fingerprint density at radius 2 is 1.95 bits per heavy atom. The number of hydrogen-bond donors (Lipinski definition) is 0. The maximum absolute atomic E-state index is 12.0. The van der Waals surface area contributed by atoms with Crippen LogP contribution in [0.4, 0.5) is 0 Å². The number of rotatable bonds is 7. The molecule has 0 bridgehead atoms. The van der Waals surface area contributed by atoms with Gasteiger partial charge in [-0.3, -0.25) is 4.79 Å². The van der Waals surface area contributed by atoms with Crippen molar-refractivity contribution in [3.63, 3.8) is 0 Å². The average molecular weight is 257 g/mol. The maximum atomic E-state index is 12.0. The molecule has 0 N–H and O–H groups in total. The molecule has 2 aromatic rings. The predicted molar refractivity (Wildman–Crippen MR) is 74.2 cm³/mol. The molecule has 0 amide bonds. The van der Waals surface area contributed by atoms with E-state index in [-0.39, 0.29) is 11.7 Å². The molecule has 0 aliphatic carbocycles. The monoisotopic (exact) mass is 257 g/mol. The average Bonchev–Trinajstić information content (AvgIpc) is 2.98. The third kappa shape index (κ3) is 3.78. The van der Waals surface area contributed by atoms with Gasteiger partial charge in [-0.1, -0.05) is 50.5 Å². The van der Waals surface area contributed by atoms with E-state index in [0.29, 0.717) is 5.56 Å². The first-order valence-electron chi connectivity index (χ1n) is 6.84. The molecule has 0 fully saturated rings. The molecular weight excluding hydrogens is 238 g/mol. The lowest BCUT2D eigenvalue weighted by Crippen LogP contribution is -2.01. The third-order valence-electron chi connectivity index (χ3n) is 3.16. The van der Waals surface area contributed by atoms with Crippen LogP contribution >= 0.6 is 0 Å². The number of benzene rings is 1. The Morgan fingerprint density at radius 1 is 1.16 bits per heavy atom. The highest BCUT2D eigenvalue weighted by atomic mass is 16.3. The van der Waals surface area contributed by atoms with E-state index in [9.17, 15) is 4.79 Å². The number of carbonyl (C=O) groups excluding carboxylic acids is 1. The van der Waals surface area contributed by atoms with Crippen molar-refractivity contribution in [2.75, 3.05) is 0 Å². The highest BCUT2D eigenvalue weighted by Gasteiger charge is 2.12. The number of unbranched alkanes of at least 4 members (excludes halogenated alkanes) is 3. The second-order valence-corrected chi connectivity index (χ2v) is 4.67. The summed E-state index contributed by atoms with van der Waals surface area (Å²) < 4.78 is 5.01. The summed E-state index contributed by atoms with van der Waals surface area (Å²) >= 11 is 0. The fourth-order valence-electron chi connectivity index (χ4n) is 2.04. The fourth-order valence-corrected chi connectivity index (χ4v) is 2.04. The van der Waals surface area contributed by atoms with Crippen molar-refractivity contribution in [1.29, 1.82) is 0 Å². The predicted octanol–water partition coefficient (Wildman–Crippen LogP) is 4.03. The Hall–Kier alpha value is -1.90. The van der Waals surface area contributed by atoms with Crippen LogP contribution in [0.5, 0.6) is 0 Å². The zero-order valence-corrected chi connectivity index (χ0v) is 11.3. The van der Waals surface area contributed by atoms with Crippen LogP contribution < -0.4 is 0 Å². The maximum Gasteiger partial charge on any atom is 0.268 e. The number of carbonyl (C=O) groups is 1. The van der Waals surface area contributed by atoms with Crippen LogP contribution in [0.2, 0.25) is 0 Å². The zero-order valence-electron chi connectivity index (χ0n) is 11.3. The molecule has 0 saturated heterocycles. The Bertz CT molecular complexity index is 500. The van der Waals surface area contributed by atoms with Gasteiger partial charge in [-0.2, -0.15) is 0 Å². The lowest BCUT2D eigenvalue weighted by molar-refractivity contribution is 0.100. The van der Waals surface area contributed by atoms with E-state index in [2.05, 4.69) is 11.9 Å². The second kappa shape index (κ2) is 6.88. The summed E-state index contributed by atoms with van der Waals surface area (Å²) in [5.74, 6) is -0.0155. The summed E-state index contributed by atoms with van der Waals surface area (Å²) in [5.41, 5.74) is 1.90. The van der Waals surface area contributed by atoms with E-state index in [1.807, 2.05) is 24.3 Å². The molecule has 0 atom stereocenters. The van der Waals surface area contributed by atoms with Crippen molar-refractivity contribution in [3.8, 4) is 0 Å². The first-order valence-corrected chi connectivity index (χ1v) is 6.84. The standard InChI is InChI=1S/C16H19NO2/c1-2-3-4-5-6-13-7-9-14(10-8-13)15(18)16-17-11-12-19-16/h7-12H,2-6H2,1H3. The smallest absolute Gasteiger partial charge is 0.268 e. The zero-order chi connectivity index (χ0) is 13.5. The summed E-state index contributed by atoms with van der Waals surface area (Å²) in [6, 6.07) is 7.73. The molecular formula is C16H19NO2. The number of aryl methyl sites for hydroxylation is 1. The largest absolute Gasteiger partial charge is 0.442 e. The van der Waals surface area contributed by atoms with Crippen molar-refractivity contribution < 1.29 is 9.21 Å². The fraction of sp³-hybridized carbons (Fsp3) is 0.375. The summed E-state index contributed by atoms with van der Waals surface area (Å²) in [6.07, 6.45) is 9.00. The van der Waals surface area contributed by atoms with Gasteiger partial charge in [0.25, 0.3) is 5.89 Å². The second-order valence-electron chi connectivity index (χ2n) is 4.67. The van der Waals surface area contributed by atoms with Gasteiger partial charge in [-0.25, -0.2) is 4.98 Å². The van der Waals surface area contributed by atoms with Crippen LogP contribution in [0, 0.1) is 0 Å². The molecule has 0 aliphatic heterocycles. The Labute approximate surface area is 113 Å². The van der Waals surface area contributed by atoms with E-state index >= 15 is 0 Å². The van der Waals surface area contributed by atoms with Crippen LogP contribution in [-0.4, -0.2) is 10.8 Å². The number of nitrogens with zero attached hydrogens (tertiary/aromatic N) is 1. The minimum Gasteiger partial charge on any atom is -0.442 e. The first kappa shape index (κ1) is 13.5. The lowest BCUT2D eigenvalue weighted by atomic mass is 10.0. The van der Waals surface area contributed by atoms with E-state index in [4.69, 9.17) is 4.42 Å². The molecule has 3 heteroatoms. The van der Waals surface area contributed by atoms with Crippen molar-refractivity contribution >= 4 is 5.78 Å². The molecule has 19 heavy (non-hydrogen) atoms. The quantitative estimate of drug-likeness (QED) is 0.555. The molecule has 0 radical (unpaired) electrons. The van der Waals surface area contributed by atoms with Gasteiger partial charge in [0.2, 0.25) is 5.78 Å². The van der Waals surface area contributed by atoms with Crippen LogP contribution in [0.25, 0.3) is 0 Å². The van der Waals surface area contributed by atoms with Crippen molar-refractivity contribution in [1.82, 2.24) is 4.98 Å². The van der Waals surface area contributed by atoms with Gasteiger partial charge >= 0.3 is 0 Å². The highest BCUT2D eigenvalue weighted by molar-refractivity contribution is 6.05. The van der Waals surface area contributed by atoms with E-state index in [1.165, 1.54) is 43.7 Å². The summed E-state index contributed by atoms with van der Waals surface area (Å²) in [5, 5.41) is 0. The molecule has 1 aromatic heterocycles. The first-order chi connectivity index (χ1) is 9.31. The van der Waals surface area contributed by atoms with E-state index in [0.717, 1.165) is 6.42 Å². The molecule has 2 rings (SSSR count). The number of ketones is 1. The molecule has 0 spiro atoms. The summed E-state index contributed by atoms with van der Waals surface area (Å²) in [7, 11) is 0. The Balaban J connectivity index is 1.93. The van der Waals surface area contributed by atoms with Crippen LogP contribution in [0.3, 0.4) is 0 Å². The van der Waals surface area contributed by atoms with Crippen molar-refractivity contribution in [2.24, 2.45) is 0 Å². The molecule has 1 aromatic carbocycles. The molecule has 100 valence electrons. The van der Waals surface area contributed by atoms with Crippen molar-refractivity contribution in [2.45, 2.75) is 39.0 Å². The SMILES string of the molecule is CCCCCCc1ccc(C(=O)c2ncco2)cc1. The minimum atomic E-state index is -0.164. The molecule has 1 heterocycles. The van der Waals surface area contributed by atoms with E-state index < -0.39 is 0 Å². The van der Waals surface area contributed by atoms with Gasteiger partial charge in [0.1, 0.15) is 6.26 Å². The van der Waals surface area contributed by atoms with Gasteiger partial charge in [0, 0.05) is 5.56 Å². The Morgan fingerprint density at radius 3 is 2.58 bits per heavy atom. The van der Waals surface area contributed by atoms with Crippen LogP contribution in [-0.2, 0) is 6.42 Å². The van der Waals surface area contributed by atoms with Crippen molar-refractivity contribution in [3.05, 3.63) is 53.7 Å². The number of hydrogen-bond acceptors (Lipinski definition) is 3. The van der Waals surface area contributed by atoms with E-state index in [1.54, 1.807) is 0 Å². The highest BCUT2D eigenvalue weighted by Crippen LogP contribution is 2.12. The number of aromatic nitrogens is 1. The van der Waals surface area contributed by atoms with Crippen LogP contribution in [0.1, 0.15) is 54.4 Å². The molecule has 0 aliphatic rings. The lowest BCUT2D eigenvalue weighted by Gasteiger charge is -2.02. The molecule has 3 nitrogen and oxygen atoms in total. The third-order valence-corrected chi connectivity index (χ3v) is 3.16. The van der Waals surface area contributed by atoms with Gasteiger partial charge in [-0.05, 0) is 18.4 Å².